The van der Waals surface area contributed by atoms with Crippen LogP contribution < -0.4 is 15.6 Å². The second-order valence-electron chi connectivity index (χ2n) is 5.09. The Labute approximate surface area is 123 Å². The fraction of sp³-hybridized carbons (Fsp3) is 0.188. The zero-order valence-corrected chi connectivity index (χ0v) is 12.3. The van der Waals surface area contributed by atoms with Crippen LogP contribution in [0.5, 0.6) is 0 Å². The van der Waals surface area contributed by atoms with Gasteiger partial charge in [0.05, 0.1) is 19.7 Å². The van der Waals surface area contributed by atoms with Crippen LogP contribution in [0.15, 0.2) is 29.8 Å². The molecular weight excluding hydrogens is 264 g/mol. The lowest BCUT2D eigenvalue weighted by molar-refractivity contribution is -0.330. The topological polar surface area (TPSA) is 84.3 Å². The number of carbonyl (C=O) groups is 1. The van der Waals surface area contributed by atoms with Crippen LogP contribution in [0.4, 0.5) is 5.82 Å². The Hall–Kier alpha value is -2.87. The van der Waals surface area contributed by atoms with Crippen LogP contribution in [0.3, 0.4) is 0 Å². The molecule has 0 radical (unpaired) electrons. The molecule has 0 saturated carbocycles. The summed E-state index contributed by atoms with van der Waals surface area (Å²) in [5, 5.41) is 9.99. The molecule has 0 aliphatic rings. The standard InChI is InChI=1S/C16H16N4O/c1-10-4-5-11-7-12(8-13(9-17)15(18)21)16(20(2)3)19-14(11)6-10/h4-8H,1-3H3,(H2,18,21)/p+1/b13-8+. The highest BCUT2D eigenvalue weighted by Crippen LogP contribution is 2.22. The number of primary amides is 1. The first kappa shape index (κ1) is 14.5. The SMILES string of the molecule is Cc1ccc2cc(/C=C(\C#N)C(N)=O)c(N(C)C)[nH+]c2c1. The van der Waals surface area contributed by atoms with Gasteiger partial charge in [-0.05, 0) is 30.7 Å². The molecule has 0 atom stereocenters. The number of nitrogens with zero attached hydrogens (tertiary/aromatic N) is 2. The number of nitrogens with two attached hydrogens (primary N) is 1. The number of aryl methyl sites for hydroxylation is 1. The van der Waals surface area contributed by atoms with E-state index in [0.29, 0.717) is 0 Å². The van der Waals surface area contributed by atoms with E-state index in [-0.39, 0.29) is 5.57 Å². The minimum atomic E-state index is -0.730. The van der Waals surface area contributed by atoms with Gasteiger partial charge in [0.25, 0.3) is 11.7 Å². The quantitative estimate of drug-likeness (QED) is 0.682. The zero-order valence-electron chi connectivity index (χ0n) is 12.3. The number of amides is 1. The molecule has 1 heterocycles. The van der Waals surface area contributed by atoms with Gasteiger partial charge >= 0.3 is 0 Å². The normalized spacial score (nSPS) is 11.2. The summed E-state index contributed by atoms with van der Waals surface area (Å²) in [4.78, 5) is 16.4. The van der Waals surface area contributed by atoms with Gasteiger partial charge in [-0.25, -0.2) is 4.98 Å². The van der Waals surface area contributed by atoms with Crippen LogP contribution in [0.25, 0.3) is 17.0 Å². The van der Waals surface area contributed by atoms with Gasteiger partial charge in [0.2, 0.25) is 0 Å². The molecule has 0 aliphatic heterocycles. The number of fused-ring (bicyclic) bond motifs is 1. The Kier molecular flexibility index (Phi) is 3.90. The highest BCUT2D eigenvalue weighted by molar-refractivity contribution is 6.01. The van der Waals surface area contributed by atoms with Crippen molar-refractivity contribution in [3.05, 3.63) is 41.0 Å². The van der Waals surface area contributed by atoms with E-state index in [0.717, 1.165) is 27.8 Å². The summed E-state index contributed by atoms with van der Waals surface area (Å²) in [6, 6.07) is 9.82. The molecular formula is C16H17N4O+. The molecule has 0 saturated heterocycles. The Morgan fingerprint density at radius 3 is 2.67 bits per heavy atom. The van der Waals surface area contributed by atoms with Crippen LogP contribution in [-0.4, -0.2) is 20.0 Å². The highest BCUT2D eigenvalue weighted by atomic mass is 16.1. The van der Waals surface area contributed by atoms with Crippen molar-refractivity contribution in [1.29, 1.82) is 5.26 Å². The minimum Gasteiger partial charge on any atom is -0.365 e. The van der Waals surface area contributed by atoms with Crippen LogP contribution in [0, 0.1) is 18.3 Å². The number of pyridine rings is 1. The third kappa shape index (κ3) is 3.00. The first-order valence-electron chi connectivity index (χ1n) is 6.48. The first-order valence-corrected chi connectivity index (χ1v) is 6.48. The lowest BCUT2D eigenvalue weighted by Gasteiger charge is -2.09. The van der Waals surface area contributed by atoms with Crippen molar-refractivity contribution in [1.82, 2.24) is 0 Å². The number of anilines is 1. The molecule has 1 aromatic carbocycles. The Bertz CT molecular complexity index is 785. The average Bonchev–Trinajstić information content (AvgIpc) is 2.43. The minimum absolute atomic E-state index is 0.0713. The number of hydrogen-bond acceptors (Lipinski definition) is 3. The molecule has 21 heavy (non-hydrogen) atoms. The molecule has 0 aliphatic carbocycles. The Morgan fingerprint density at radius 2 is 2.10 bits per heavy atom. The molecule has 0 fully saturated rings. The summed E-state index contributed by atoms with van der Waals surface area (Å²) >= 11 is 0. The summed E-state index contributed by atoms with van der Waals surface area (Å²) in [6.07, 6.45) is 1.51. The van der Waals surface area contributed by atoms with Crippen LogP contribution in [0.1, 0.15) is 11.1 Å². The van der Waals surface area contributed by atoms with Crippen molar-refractivity contribution in [2.45, 2.75) is 6.92 Å². The predicted molar refractivity (Wildman–Crippen MR) is 82.4 cm³/mol. The van der Waals surface area contributed by atoms with Crippen molar-refractivity contribution in [2.24, 2.45) is 5.73 Å². The first-order chi connectivity index (χ1) is 9.92. The van der Waals surface area contributed by atoms with Gasteiger partial charge in [-0.15, -0.1) is 0 Å². The third-order valence-corrected chi connectivity index (χ3v) is 3.18. The fourth-order valence-corrected chi connectivity index (χ4v) is 2.13. The molecule has 1 aromatic heterocycles. The van der Waals surface area contributed by atoms with Gasteiger partial charge in [0, 0.05) is 5.39 Å². The van der Waals surface area contributed by atoms with Crippen LogP contribution >= 0.6 is 0 Å². The molecule has 0 spiro atoms. The molecule has 2 aromatic rings. The van der Waals surface area contributed by atoms with Crippen molar-refractivity contribution in [3.8, 4) is 6.07 Å². The number of H-pyrrole nitrogens is 1. The van der Waals surface area contributed by atoms with Gasteiger partial charge < -0.3 is 5.73 Å². The fourth-order valence-electron chi connectivity index (χ4n) is 2.13. The number of benzene rings is 1. The van der Waals surface area contributed by atoms with E-state index in [9.17, 15) is 4.79 Å². The highest BCUT2D eigenvalue weighted by Gasteiger charge is 2.15. The summed E-state index contributed by atoms with van der Waals surface area (Å²) in [5.41, 5.74) is 8.02. The predicted octanol–water partition coefficient (Wildman–Crippen LogP) is 1.42. The van der Waals surface area contributed by atoms with Crippen molar-refractivity contribution < 1.29 is 9.78 Å². The molecule has 5 heteroatoms. The molecule has 3 N–H and O–H groups in total. The summed E-state index contributed by atoms with van der Waals surface area (Å²) < 4.78 is 0. The molecule has 0 bridgehead atoms. The van der Waals surface area contributed by atoms with E-state index in [2.05, 4.69) is 11.1 Å². The average molecular weight is 281 g/mol. The second kappa shape index (κ2) is 5.63. The van der Waals surface area contributed by atoms with E-state index < -0.39 is 5.91 Å². The van der Waals surface area contributed by atoms with Crippen molar-refractivity contribution in [3.63, 3.8) is 0 Å². The number of hydrogen-bond donors (Lipinski definition) is 1. The van der Waals surface area contributed by atoms with E-state index in [4.69, 9.17) is 11.0 Å². The van der Waals surface area contributed by atoms with Crippen LogP contribution in [0.2, 0.25) is 0 Å². The Balaban J connectivity index is 2.72. The smallest absolute Gasteiger partial charge is 0.281 e. The number of rotatable bonds is 3. The lowest BCUT2D eigenvalue weighted by atomic mass is 10.1. The summed E-state index contributed by atoms with van der Waals surface area (Å²) in [7, 11) is 3.78. The molecule has 1 amide bonds. The maximum absolute atomic E-state index is 11.2. The number of nitriles is 1. The van der Waals surface area contributed by atoms with E-state index in [1.807, 2.05) is 50.2 Å². The van der Waals surface area contributed by atoms with E-state index >= 15 is 0 Å². The van der Waals surface area contributed by atoms with Gasteiger partial charge in [0.15, 0.2) is 0 Å². The maximum atomic E-state index is 11.2. The van der Waals surface area contributed by atoms with E-state index in [1.54, 1.807) is 0 Å². The maximum Gasteiger partial charge on any atom is 0.281 e. The van der Waals surface area contributed by atoms with Gasteiger partial charge in [-0.2, -0.15) is 5.26 Å². The number of carbonyl (C=O) groups excluding carboxylic acids is 1. The molecule has 2 rings (SSSR count). The summed E-state index contributed by atoms with van der Waals surface area (Å²) in [6.45, 7) is 2.03. The molecule has 5 nitrogen and oxygen atoms in total. The van der Waals surface area contributed by atoms with Crippen molar-refractivity contribution in [2.75, 3.05) is 19.0 Å². The second-order valence-corrected chi connectivity index (χ2v) is 5.09. The Morgan fingerprint density at radius 1 is 1.38 bits per heavy atom. The van der Waals surface area contributed by atoms with Gasteiger partial charge in [-0.3, -0.25) is 9.69 Å². The van der Waals surface area contributed by atoms with Gasteiger partial charge in [0.1, 0.15) is 17.2 Å². The lowest BCUT2D eigenvalue weighted by Crippen LogP contribution is -2.22. The van der Waals surface area contributed by atoms with Crippen molar-refractivity contribution >= 4 is 28.7 Å². The van der Waals surface area contributed by atoms with E-state index in [1.165, 1.54) is 6.08 Å². The largest absolute Gasteiger partial charge is 0.365 e. The monoisotopic (exact) mass is 281 g/mol. The summed E-state index contributed by atoms with van der Waals surface area (Å²) in [5.74, 6) is 0.0771. The third-order valence-electron chi connectivity index (χ3n) is 3.18. The van der Waals surface area contributed by atoms with Crippen LogP contribution in [-0.2, 0) is 4.79 Å². The van der Waals surface area contributed by atoms with Gasteiger partial charge in [-0.1, -0.05) is 12.1 Å². The molecule has 0 unspecified atom stereocenters. The number of nitrogens with one attached hydrogen (secondary N) is 1. The number of aromatic nitrogens is 1. The molecule has 106 valence electrons. The zero-order chi connectivity index (χ0) is 15.6. The number of aromatic amines is 1.